The summed E-state index contributed by atoms with van der Waals surface area (Å²) in [5.41, 5.74) is -1.05. The maximum absolute atomic E-state index is 13.2. The highest BCUT2D eigenvalue weighted by Crippen LogP contribution is 2.32. The lowest BCUT2D eigenvalue weighted by Gasteiger charge is -2.23. The summed E-state index contributed by atoms with van der Waals surface area (Å²) < 4.78 is 39.5. The molecule has 0 spiro atoms. The van der Waals surface area contributed by atoms with E-state index in [0.717, 1.165) is 18.5 Å². The third kappa shape index (κ3) is 4.24. The zero-order valence-corrected chi connectivity index (χ0v) is 14.3. The second kappa shape index (κ2) is 7.73. The van der Waals surface area contributed by atoms with Crippen LogP contribution in [-0.4, -0.2) is 57.8 Å². The number of pyridine rings is 2. The fourth-order valence-electron chi connectivity index (χ4n) is 2.98. The highest BCUT2D eigenvalue weighted by molar-refractivity contribution is 5.96. The minimum Gasteiger partial charge on any atom is -0.337 e. The lowest BCUT2D eigenvalue weighted by atomic mass is 10.1. The molecule has 0 aliphatic carbocycles. The third-order valence-corrected chi connectivity index (χ3v) is 4.34. The van der Waals surface area contributed by atoms with Crippen molar-refractivity contribution in [2.75, 3.05) is 26.2 Å². The van der Waals surface area contributed by atoms with Crippen LogP contribution in [0.5, 0.6) is 0 Å². The number of hydrogen-bond acceptors (Lipinski definition) is 4. The predicted molar refractivity (Wildman–Crippen MR) is 89.9 cm³/mol. The highest BCUT2D eigenvalue weighted by atomic mass is 19.4. The van der Waals surface area contributed by atoms with E-state index >= 15 is 0 Å². The molecule has 0 saturated carbocycles. The van der Waals surface area contributed by atoms with Gasteiger partial charge in [0.1, 0.15) is 0 Å². The molecule has 2 aromatic rings. The number of hydrogen-bond donors (Lipinski definition) is 0. The normalized spacial score (nSPS) is 15.4. The molecule has 1 fully saturated rings. The number of nitrogens with zero attached hydrogens (tertiary/aromatic N) is 4. The first kappa shape index (κ1) is 18.8. The van der Waals surface area contributed by atoms with Gasteiger partial charge in [0, 0.05) is 51.0 Å². The van der Waals surface area contributed by atoms with E-state index in [4.69, 9.17) is 0 Å². The lowest BCUT2D eigenvalue weighted by Crippen LogP contribution is -2.38. The number of carbonyl (C=O) groups is 2. The molecule has 1 aliphatic heterocycles. The van der Waals surface area contributed by atoms with E-state index in [0.29, 0.717) is 18.5 Å². The van der Waals surface area contributed by atoms with Crippen LogP contribution in [0.3, 0.4) is 0 Å². The molecule has 0 N–H and O–H groups in total. The lowest BCUT2D eigenvalue weighted by molar-refractivity contribution is -0.138. The van der Waals surface area contributed by atoms with Crippen molar-refractivity contribution in [3.63, 3.8) is 0 Å². The molecule has 1 saturated heterocycles. The van der Waals surface area contributed by atoms with Crippen molar-refractivity contribution in [3.8, 4) is 0 Å². The van der Waals surface area contributed by atoms with Crippen molar-refractivity contribution < 1.29 is 22.8 Å². The average Bonchev–Trinajstić information content (AvgIpc) is 2.93. The summed E-state index contributed by atoms with van der Waals surface area (Å²) >= 11 is 0. The van der Waals surface area contributed by atoms with Gasteiger partial charge in [0.05, 0.1) is 16.7 Å². The van der Waals surface area contributed by atoms with E-state index in [1.54, 1.807) is 23.2 Å². The van der Waals surface area contributed by atoms with Crippen LogP contribution < -0.4 is 0 Å². The Kier molecular flexibility index (Phi) is 5.38. The van der Waals surface area contributed by atoms with Crippen LogP contribution in [0.2, 0.25) is 0 Å². The largest absolute Gasteiger partial charge is 0.417 e. The van der Waals surface area contributed by atoms with Gasteiger partial charge in [-0.25, -0.2) is 0 Å². The van der Waals surface area contributed by atoms with E-state index in [1.807, 2.05) is 0 Å². The van der Waals surface area contributed by atoms with Gasteiger partial charge in [-0.15, -0.1) is 0 Å². The molecule has 9 heteroatoms. The highest BCUT2D eigenvalue weighted by Gasteiger charge is 2.36. The number of aromatic nitrogens is 2. The summed E-state index contributed by atoms with van der Waals surface area (Å²) in [6.45, 7) is 1.07. The first-order valence-corrected chi connectivity index (χ1v) is 8.37. The molecule has 0 bridgehead atoms. The minimum atomic E-state index is -4.64. The Morgan fingerprint density at radius 1 is 0.889 bits per heavy atom. The molecule has 3 heterocycles. The summed E-state index contributed by atoms with van der Waals surface area (Å²) in [6, 6.07) is 4.10. The van der Waals surface area contributed by atoms with Crippen LogP contribution >= 0.6 is 0 Å². The molecule has 0 aromatic carbocycles. The zero-order valence-electron chi connectivity index (χ0n) is 14.3. The summed E-state index contributed by atoms with van der Waals surface area (Å²) in [6.07, 6.45) is 0.805. The fraction of sp³-hybridized carbons (Fsp3) is 0.333. The van der Waals surface area contributed by atoms with Crippen LogP contribution in [0, 0.1) is 0 Å². The first-order valence-electron chi connectivity index (χ1n) is 8.37. The van der Waals surface area contributed by atoms with Crippen molar-refractivity contribution in [1.82, 2.24) is 19.8 Å². The Morgan fingerprint density at radius 2 is 1.56 bits per heavy atom. The Hall–Kier alpha value is -2.97. The van der Waals surface area contributed by atoms with Gasteiger partial charge in [-0.3, -0.25) is 19.6 Å². The third-order valence-electron chi connectivity index (χ3n) is 4.34. The van der Waals surface area contributed by atoms with Crippen LogP contribution in [0.25, 0.3) is 0 Å². The molecule has 0 atom stereocenters. The van der Waals surface area contributed by atoms with E-state index in [-0.39, 0.29) is 25.5 Å². The Labute approximate surface area is 153 Å². The van der Waals surface area contributed by atoms with Crippen molar-refractivity contribution in [3.05, 3.63) is 59.7 Å². The summed E-state index contributed by atoms with van der Waals surface area (Å²) in [5, 5.41) is 0. The maximum Gasteiger partial charge on any atom is 0.417 e. The van der Waals surface area contributed by atoms with Crippen molar-refractivity contribution in [2.24, 2.45) is 0 Å². The molecule has 0 radical (unpaired) electrons. The fourth-order valence-corrected chi connectivity index (χ4v) is 2.98. The topological polar surface area (TPSA) is 66.4 Å². The van der Waals surface area contributed by atoms with Gasteiger partial charge in [0.15, 0.2) is 0 Å². The number of carbonyl (C=O) groups excluding carboxylic acids is 2. The number of rotatable bonds is 2. The Balaban J connectivity index is 1.74. The van der Waals surface area contributed by atoms with Gasteiger partial charge in [0.2, 0.25) is 0 Å². The Bertz CT molecular complexity index is 827. The molecule has 6 nitrogen and oxygen atoms in total. The minimum absolute atomic E-state index is 0.150. The van der Waals surface area contributed by atoms with Gasteiger partial charge in [0.25, 0.3) is 11.8 Å². The average molecular weight is 378 g/mol. The van der Waals surface area contributed by atoms with Crippen LogP contribution in [0.15, 0.2) is 43.0 Å². The monoisotopic (exact) mass is 378 g/mol. The van der Waals surface area contributed by atoms with Crippen LogP contribution in [0.1, 0.15) is 32.7 Å². The SMILES string of the molecule is O=C(c1cccnc1)N1CCCN(C(=O)c2cnccc2C(F)(F)F)CC1. The van der Waals surface area contributed by atoms with E-state index in [2.05, 4.69) is 9.97 Å². The summed E-state index contributed by atoms with van der Waals surface area (Å²) in [5.74, 6) is -0.944. The second-order valence-electron chi connectivity index (χ2n) is 6.10. The van der Waals surface area contributed by atoms with Crippen LogP contribution in [0.4, 0.5) is 13.2 Å². The van der Waals surface area contributed by atoms with E-state index in [9.17, 15) is 22.8 Å². The van der Waals surface area contributed by atoms with E-state index in [1.165, 1.54) is 11.1 Å². The molecule has 1 aliphatic rings. The molecule has 2 aromatic heterocycles. The standard InChI is InChI=1S/C18H17F3N4O2/c19-18(20,21)15-4-6-23-12-14(15)17(27)25-8-2-7-24(9-10-25)16(26)13-3-1-5-22-11-13/h1,3-6,11-12H,2,7-10H2. The van der Waals surface area contributed by atoms with Gasteiger partial charge in [-0.2, -0.15) is 13.2 Å². The van der Waals surface area contributed by atoms with Crippen molar-refractivity contribution >= 4 is 11.8 Å². The molecular weight excluding hydrogens is 361 g/mol. The van der Waals surface area contributed by atoms with Gasteiger partial charge < -0.3 is 9.80 Å². The number of alkyl halides is 3. The van der Waals surface area contributed by atoms with E-state index < -0.39 is 23.2 Å². The smallest absolute Gasteiger partial charge is 0.337 e. The molecule has 27 heavy (non-hydrogen) atoms. The molecule has 0 unspecified atom stereocenters. The van der Waals surface area contributed by atoms with Gasteiger partial charge >= 0.3 is 6.18 Å². The Morgan fingerprint density at radius 3 is 2.19 bits per heavy atom. The summed E-state index contributed by atoms with van der Waals surface area (Å²) in [4.78, 5) is 35.6. The van der Waals surface area contributed by atoms with Gasteiger partial charge in [-0.05, 0) is 24.6 Å². The summed E-state index contributed by atoms with van der Waals surface area (Å²) in [7, 11) is 0. The van der Waals surface area contributed by atoms with Crippen LogP contribution in [-0.2, 0) is 6.18 Å². The predicted octanol–water partition coefficient (Wildman–Crippen LogP) is 2.48. The molecule has 142 valence electrons. The maximum atomic E-state index is 13.2. The van der Waals surface area contributed by atoms with Gasteiger partial charge in [-0.1, -0.05) is 0 Å². The zero-order chi connectivity index (χ0) is 19.4. The quantitative estimate of drug-likeness (QED) is 0.805. The number of halogens is 3. The second-order valence-corrected chi connectivity index (χ2v) is 6.10. The van der Waals surface area contributed by atoms with Crippen molar-refractivity contribution in [1.29, 1.82) is 0 Å². The first-order chi connectivity index (χ1) is 12.9. The molecular formula is C18H17F3N4O2. The van der Waals surface area contributed by atoms with Crippen molar-refractivity contribution in [2.45, 2.75) is 12.6 Å². The molecule has 2 amide bonds. The molecule has 3 rings (SSSR count). The number of amides is 2.